The van der Waals surface area contributed by atoms with E-state index in [2.05, 4.69) is 10.0 Å². The Bertz CT molecular complexity index is 1160. The van der Waals surface area contributed by atoms with Crippen LogP contribution in [-0.2, 0) is 10.0 Å². The molecule has 7 heteroatoms. The summed E-state index contributed by atoms with van der Waals surface area (Å²) >= 11 is 0. The number of carbonyl (C=O) groups is 1. The Morgan fingerprint density at radius 3 is 2.39 bits per heavy atom. The number of anilines is 1. The summed E-state index contributed by atoms with van der Waals surface area (Å²) in [7, 11) is -3.82. The van der Waals surface area contributed by atoms with Gasteiger partial charge in [0.15, 0.2) is 0 Å². The van der Waals surface area contributed by atoms with Crippen molar-refractivity contribution in [2.75, 3.05) is 11.3 Å². The van der Waals surface area contributed by atoms with Gasteiger partial charge in [0.2, 0.25) is 0 Å². The summed E-state index contributed by atoms with van der Waals surface area (Å²) in [5, 5.41) is 2.84. The molecule has 0 bridgehead atoms. The first kappa shape index (κ1) is 22.4. The molecule has 0 radical (unpaired) electrons. The van der Waals surface area contributed by atoms with E-state index in [0.29, 0.717) is 12.3 Å². The second-order valence-corrected chi connectivity index (χ2v) is 9.13. The zero-order chi connectivity index (χ0) is 22.4. The number of para-hydroxylation sites is 1. The lowest BCUT2D eigenvalue weighted by Crippen LogP contribution is -2.36. The molecule has 1 atom stereocenters. The summed E-state index contributed by atoms with van der Waals surface area (Å²) in [6.45, 7) is 6.00. The van der Waals surface area contributed by atoms with E-state index in [-0.39, 0.29) is 22.4 Å². The van der Waals surface area contributed by atoms with Crippen molar-refractivity contribution in [3.05, 3.63) is 89.5 Å². The molecule has 0 aliphatic rings. The molecule has 0 unspecified atom stereocenters. The minimum atomic E-state index is -3.82. The van der Waals surface area contributed by atoms with Gasteiger partial charge in [-0.3, -0.25) is 9.52 Å². The highest BCUT2D eigenvalue weighted by molar-refractivity contribution is 7.92. The van der Waals surface area contributed by atoms with Crippen LogP contribution in [0.4, 0.5) is 5.69 Å². The van der Waals surface area contributed by atoms with Crippen molar-refractivity contribution < 1.29 is 17.9 Å². The first-order valence-electron chi connectivity index (χ1n) is 9.93. The third kappa shape index (κ3) is 6.08. The molecule has 3 aromatic carbocycles. The van der Waals surface area contributed by atoms with E-state index >= 15 is 0 Å². The molecular formula is C24H26N2O4S. The van der Waals surface area contributed by atoms with Gasteiger partial charge in [-0.05, 0) is 62.7 Å². The normalized spacial score (nSPS) is 12.1. The summed E-state index contributed by atoms with van der Waals surface area (Å²) in [6.07, 6.45) is 0. The van der Waals surface area contributed by atoms with Gasteiger partial charge in [0.1, 0.15) is 12.4 Å². The standard InChI is InChI=1S/C24H26N2O4S/c1-17-11-13-21(14-12-17)26-31(28,29)22-9-6-8-20(15-22)24(27)25-19(3)16-30-23-10-5-4-7-18(23)2/h4-15,19,26H,16H2,1-3H3,(H,25,27)/t19-/m0/s1. The summed E-state index contributed by atoms with van der Waals surface area (Å²) in [4.78, 5) is 12.6. The molecule has 162 valence electrons. The maximum absolute atomic E-state index is 12.7. The van der Waals surface area contributed by atoms with E-state index in [4.69, 9.17) is 4.74 Å². The fourth-order valence-corrected chi connectivity index (χ4v) is 4.03. The number of benzene rings is 3. The van der Waals surface area contributed by atoms with Gasteiger partial charge in [-0.1, -0.05) is 42.0 Å². The molecule has 0 heterocycles. The molecule has 0 aliphatic heterocycles. The number of hydrogen-bond acceptors (Lipinski definition) is 4. The summed E-state index contributed by atoms with van der Waals surface area (Å²) in [5.74, 6) is 0.395. The molecule has 1 amide bonds. The number of sulfonamides is 1. The molecule has 0 fully saturated rings. The lowest BCUT2D eigenvalue weighted by atomic mass is 10.2. The van der Waals surface area contributed by atoms with Gasteiger partial charge < -0.3 is 10.1 Å². The Labute approximate surface area is 183 Å². The van der Waals surface area contributed by atoms with Crippen molar-refractivity contribution in [3.8, 4) is 5.75 Å². The minimum absolute atomic E-state index is 0.0181. The molecule has 0 aliphatic carbocycles. The summed E-state index contributed by atoms with van der Waals surface area (Å²) in [6, 6.07) is 20.4. The van der Waals surface area contributed by atoms with Gasteiger partial charge >= 0.3 is 0 Å². The van der Waals surface area contributed by atoms with Crippen molar-refractivity contribution in [2.45, 2.75) is 31.7 Å². The number of ether oxygens (including phenoxy) is 1. The maximum Gasteiger partial charge on any atom is 0.261 e. The number of amides is 1. The monoisotopic (exact) mass is 438 g/mol. The highest BCUT2D eigenvalue weighted by atomic mass is 32.2. The fraction of sp³-hybridized carbons (Fsp3) is 0.208. The quantitative estimate of drug-likeness (QED) is 0.549. The lowest BCUT2D eigenvalue weighted by molar-refractivity contribution is 0.0926. The minimum Gasteiger partial charge on any atom is -0.491 e. The van der Waals surface area contributed by atoms with E-state index in [0.717, 1.165) is 16.9 Å². The van der Waals surface area contributed by atoms with Crippen LogP contribution < -0.4 is 14.8 Å². The van der Waals surface area contributed by atoms with Crippen LogP contribution in [0.1, 0.15) is 28.4 Å². The highest BCUT2D eigenvalue weighted by Crippen LogP contribution is 2.18. The lowest BCUT2D eigenvalue weighted by Gasteiger charge is -2.16. The van der Waals surface area contributed by atoms with Crippen LogP contribution >= 0.6 is 0 Å². The molecule has 0 saturated heterocycles. The number of aryl methyl sites for hydroxylation is 2. The van der Waals surface area contributed by atoms with Crippen LogP contribution in [0.5, 0.6) is 5.75 Å². The molecule has 2 N–H and O–H groups in total. The number of rotatable bonds is 8. The SMILES string of the molecule is Cc1ccc(NS(=O)(=O)c2cccc(C(=O)N[C@@H](C)COc3ccccc3C)c2)cc1. The van der Waals surface area contributed by atoms with Crippen molar-refractivity contribution in [1.82, 2.24) is 5.32 Å². The predicted octanol–water partition coefficient (Wildman–Crippen LogP) is 4.30. The van der Waals surface area contributed by atoms with Crippen LogP contribution in [0.25, 0.3) is 0 Å². The van der Waals surface area contributed by atoms with E-state index in [1.165, 1.54) is 12.1 Å². The molecule has 0 saturated carbocycles. The number of carbonyl (C=O) groups excluding carboxylic acids is 1. The molecule has 3 aromatic rings. The third-order valence-corrected chi connectivity index (χ3v) is 6.05. The van der Waals surface area contributed by atoms with Gasteiger partial charge in [0, 0.05) is 11.3 Å². The van der Waals surface area contributed by atoms with E-state index in [1.807, 2.05) is 57.2 Å². The zero-order valence-electron chi connectivity index (χ0n) is 17.8. The second-order valence-electron chi connectivity index (χ2n) is 7.45. The Balaban J connectivity index is 1.65. The van der Waals surface area contributed by atoms with Crippen LogP contribution in [0.15, 0.2) is 77.7 Å². The smallest absolute Gasteiger partial charge is 0.261 e. The Morgan fingerprint density at radius 2 is 1.68 bits per heavy atom. The largest absolute Gasteiger partial charge is 0.491 e. The van der Waals surface area contributed by atoms with E-state index < -0.39 is 10.0 Å². The third-order valence-electron chi connectivity index (χ3n) is 4.67. The van der Waals surface area contributed by atoms with Crippen molar-refractivity contribution in [1.29, 1.82) is 0 Å². The van der Waals surface area contributed by atoms with Gasteiger partial charge in [-0.25, -0.2) is 8.42 Å². The van der Waals surface area contributed by atoms with Gasteiger partial charge in [-0.15, -0.1) is 0 Å². The number of nitrogens with one attached hydrogen (secondary N) is 2. The van der Waals surface area contributed by atoms with Gasteiger partial charge in [-0.2, -0.15) is 0 Å². The topological polar surface area (TPSA) is 84.5 Å². The van der Waals surface area contributed by atoms with E-state index in [9.17, 15) is 13.2 Å². The average Bonchev–Trinajstić information content (AvgIpc) is 2.75. The van der Waals surface area contributed by atoms with Crippen LogP contribution in [0, 0.1) is 13.8 Å². The Hall–Kier alpha value is -3.32. The van der Waals surface area contributed by atoms with Crippen molar-refractivity contribution in [3.63, 3.8) is 0 Å². The molecule has 0 aromatic heterocycles. The molecule has 0 spiro atoms. The number of hydrogen-bond donors (Lipinski definition) is 2. The van der Waals surface area contributed by atoms with Crippen molar-refractivity contribution >= 4 is 21.6 Å². The summed E-state index contributed by atoms with van der Waals surface area (Å²) in [5.41, 5.74) is 2.76. The van der Waals surface area contributed by atoms with Gasteiger partial charge in [0.25, 0.3) is 15.9 Å². The van der Waals surface area contributed by atoms with Crippen molar-refractivity contribution in [2.24, 2.45) is 0 Å². The van der Waals surface area contributed by atoms with Crippen LogP contribution in [-0.4, -0.2) is 27.0 Å². The fourth-order valence-electron chi connectivity index (χ4n) is 2.92. The Morgan fingerprint density at radius 1 is 0.968 bits per heavy atom. The first-order valence-corrected chi connectivity index (χ1v) is 11.4. The predicted molar refractivity (Wildman–Crippen MR) is 122 cm³/mol. The van der Waals surface area contributed by atoms with Gasteiger partial charge in [0.05, 0.1) is 10.9 Å². The maximum atomic E-state index is 12.7. The van der Waals surface area contributed by atoms with E-state index in [1.54, 1.807) is 24.3 Å². The molecule has 6 nitrogen and oxygen atoms in total. The first-order chi connectivity index (χ1) is 14.7. The highest BCUT2D eigenvalue weighted by Gasteiger charge is 2.17. The van der Waals surface area contributed by atoms with Crippen LogP contribution in [0.2, 0.25) is 0 Å². The second kappa shape index (κ2) is 9.66. The summed E-state index contributed by atoms with van der Waals surface area (Å²) < 4.78 is 33.7. The molecule has 3 rings (SSSR count). The average molecular weight is 439 g/mol. The molecular weight excluding hydrogens is 412 g/mol. The zero-order valence-corrected chi connectivity index (χ0v) is 18.6. The van der Waals surface area contributed by atoms with Crippen LogP contribution in [0.3, 0.4) is 0 Å². The Kier molecular flexibility index (Phi) is 6.97. The molecule has 31 heavy (non-hydrogen) atoms.